The van der Waals surface area contributed by atoms with Gasteiger partial charge in [-0.15, -0.1) is 0 Å². The summed E-state index contributed by atoms with van der Waals surface area (Å²) in [5.74, 6) is 2.60. The topological polar surface area (TPSA) is 51.2 Å². The van der Waals surface area contributed by atoms with Crippen LogP contribution in [0, 0.1) is 0 Å². The molecule has 0 bridgehead atoms. The highest BCUT2D eigenvalue weighted by Crippen LogP contribution is 2.32. The van der Waals surface area contributed by atoms with Crippen LogP contribution in [-0.4, -0.2) is 55.3 Å². The molecule has 2 heterocycles. The van der Waals surface area contributed by atoms with Crippen LogP contribution >= 0.6 is 11.6 Å². The lowest BCUT2D eigenvalue weighted by molar-refractivity contribution is -0.133. The summed E-state index contributed by atoms with van der Waals surface area (Å²) in [7, 11) is 0. The molecule has 2 aliphatic rings. The summed E-state index contributed by atoms with van der Waals surface area (Å²) in [5.41, 5.74) is 1.20. The van der Waals surface area contributed by atoms with Gasteiger partial charge in [0.05, 0.1) is 6.61 Å². The van der Waals surface area contributed by atoms with Crippen molar-refractivity contribution in [3.63, 3.8) is 0 Å². The molecule has 7 heteroatoms. The molecule has 1 fully saturated rings. The van der Waals surface area contributed by atoms with E-state index in [1.165, 1.54) is 5.56 Å². The average molecular weight is 417 g/mol. The maximum Gasteiger partial charge on any atom is 0.231 e. The van der Waals surface area contributed by atoms with E-state index in [1.807, 2.05) is 29.2 Å². The molecule has 1 saturated heterocycles. The molecule has 154 valence electrons. The number of fused-ring (bicyclic) bond motifs is 1. The minimum atomic E-state index is 0.201. The van der Waals surface area contributed by atoms with E-state index in [0.717, 1.165) is 50.0 Å². The minimum absolute atomic E-state index is 0.201. The van der Waals surface area contributed by atoms with E-state index in [0.29, 0.717) is 31.3 Å². The molecule has 0 N–H and O–H groups in total. The average Bonchev–Trinajstić information content (AvgIpc) is 3.21. The van der Waals surface area contributed by atoms with Crippen LogP contribution in [0.1, 0.15) is 18.4 Å². The van der Waals surface area contributed by atoms with Crippen molar-refractivity contribution in [1.82, 2.24) is 9.80 Å². The molecule has 1 amide bonds. The molecular formula is C22H25ClN2O4. The van der Waals surface area contributed by atoms with Crippen molar-refractivity contribution in [1.29, 1.82) is 0 Å². The predicted octanol–water partition coefficient (Wildman–Crippen LogP) is 3.57. The fraction of sp³-hybridized carbons (Fsp3) is 0.409. The van der Waals surface area contributed by atoms with Crippen LogP contribution in [0.2, 0.25) is 5.02 Å². The number of halogens is 1. The monoisotopic (exact) mass is 416 g/mol. The number of benzene rings is 2. The number of carbonyl (C=O) groups excluding carboxylic acids is 1. The molecular weight excluding hydrogens is 392 g/mol. The molecule has 2 aromatic carbocycles. The Morgan fingerprint density at radius 1 is 1.00 bits per heavy atom. The molecule has 0 spiro atoms. The van der Waals surface area contributed by atoms with Crippen molar-refractivity contribution in [3.8, 4) is 17.2 Å². The van der Waals surface area contributed by atoms with Crippen molar-refractivity contribution in [2.75, 3.05) is 39.6 Å². The number of rotatable bonds is 7. The van der Waals surface area contributed by atoms with E-state index < -0.39 is 0 Å². The largest absolute Gasteiger partial charge is 0.494 e. The Labute approximate surface area is 175 Å². The molecule has 0 aromatic heterocycles. The van der Waals surface area contributed by atoms with Crippen LogP contribution in [0.3, 0.4) is 0 Å². The summed E-state index contributed by atoms with van der Waals surface area (Å²) >= 11 is 5.86. The Morgan fingerprint density at radius 3 is 2.55 bits per heavy atom. The lowest BCUT2D eigenvalue weighted by Gasteiger charge is -2.34. The zero-order chi connectivity index (χ0) is 20.1. The molecule has 0 atom stereocenters. The van der Waals surface area contributed by atoms with Crippen LogP contribution in [0.5, 0.6) is 17.2 Å². The van der Waals surface area contributed by atoms with E-state index in [-0.39, 0.29) is 5.91 Å². The molecule has 4 rings (SSSR count). The van der Waals surface area contributed by atoms with Gasteiger partial charge in [0.2, 0.25) is 12.7 Å². The summed E-state index contributed by atoms with van der Waals surface area (Å²) in [5, 5.41) is 0.685. The van der Waals surface area contributed by atoms with Gasteiger partial charge >= 0.3 is 0 Å². The second-order valence-corrected chi connectivity index (χ2v) is 7.69. The van der Waals surface area contributed by atoms with E-state index in [9.17, 15) is 4.79 Å². The van der Waals surface area contributed by atoms with E-state index in [1.54, 1.807) is 12.1 Å². The fourth-order valence-corrected chi connectivity index (χ4v) is 3.68. The van der Waals surface area contributed by atoms with Crippen LogP contribution in [0.15, 0.2) is 42.5 Å². The lowest BCUT2D eigenvalue weighted by atomic mass is 10.1. The first-order valence-electron chi connectivity index (χ1n) is 9.94. The number of hydrogen-bond donors (Lipinski definition) is 0. The van der Waals surface area contributed by atoms with Gasteiger partial charge in [0.15, 0.2) is 11.5 Å². The summed E-state index contributed by atoms with van der Waals surface area (Å²) in [6.45, 7) is 4.96. The molecule has 0 aliphatic carbocycles. The Morgan fingerprint density at radius 2 is 1.76 bits per heavy atom. The van der Waals surface area contributed by atoms with Gasteiger partial charge in [-0.2, -0.15) is 0 Å². The fourth-order valence-electron chi connectivity index (χ4n) is 3.56. The molecule has 0 radical (unpaired) electrons. The first kappa shape index (κ1) is 19.9. The summed E-state index contributed by atoms with van der Waals surface area (Å²) in [6.07, 6.45) is 1.22. The van der Waals surface area contributed by atoms with E-state index in [4.69, 9.17) is 25.8 Å². The number of hydrogen-bond acceptors (Lipinski definition) is 5. The molecule has 0 unspecified atom stereocenters. The van der Waals surface area contributed by atoms with Gasteiger partial charge in [-0.3, -0.25) is 9.69 Å². The molecule has 2 aromatic rings. The number of piperazine rings is 1. The Bertz CT molecular complexity index is 835. The predicted molar refractivity (Wildman–Crippen MR) is 111 cm³/mol. The number of amides is 1. The van der Waals surface area contributed by atoms with Gasteiger partial charge in [-0.1, -0.05) is 17.7 Å². The molecule has 0 saturated carbocycles. The van der Waals surface area contributed by atoms with E-state index >= 15 is 0 Å². The highest BCUT2D eigenvalue weighted by molar-refractivity contribution is 6.30. The SMILES string of the molecule is O=C(CCCOc1ccc(Cl)cc1)N1CCN(Cc2ccc3c(c2)OCO3)CC1. The van der Waals surface area contributed by atoms with Gasteiger partial charge in [0, 0.05) is 44.2 Å². The summed E-state index contributed by atoms with van der Waals surface area (Å²) < 4.78 is 16.5. The minimum Gasteiger partial charge on any atom is -0.494 e. The zero-order valence-corrected chi connectivity index (χ0v) is 17.1. The number of ether oxygens (including phenoxy) is 3. The molecule has 6 nitrogen and oxygen atoms in total. The summed E-state index contributed by atoms with van der Waals surface area (Å²) in [6, 6.07) is 13.3. The van der Waals surface area contributed by atoms with Gasteiger partial charge in [0.25, 0.3) is 0 Å². The normalized spacial score (nSPS) is 16.1. The maximum absolute atomic E-state index is 12.5. The van der Waals surface area contributed by atoms with Crippen molar-refractivity contribution >= 4 is 17.5 Å². The van der Waals surface area contributed by atoms with Gasteiger partial charge in [0.1, 0.15) is 5.75 Å². The van der Waals surface area contributed by atoms with Crippen molar-refractivity contribution in [2.45, 2.75) is 19.4 Å². The third kappa shape index (κ3) is 5.34. The van der Waals surface area contributed by atoms with Gasteiger partial charge in [-0.05, 0) is 48.4 Å². The van der Waals surface area contributed by atoms with E-state index in [2.05, 4.69) is 11.0 Å². The Hall–Kier alpha value is -2.44. The quantitative estimate of drug-likeness (QED) is 0.646. The smallest absolute Gasteiger partial charge is 0.231 e. The van der Waals surface area contributed by atoms with Crippen molar-refractivity contribution < 1.29 is 19.0 Å². The summed E-state index contributed by atoms with van der Waals surface area (Å²) in [4.78, 5) is 16.8. The van der Waals surface area contributed by atoms with Crippen molar-refractivity contribution in [2.24, 2.45) is 0 Å². The molecule has 29 heavy (non-hydrogen) atoms. The third-order valence-corrected chi connectivity index (χ3v) is 5.44. The maximum atomic E-state index is 12.5. The zero-order valence-electron chi connectivity index (χ0n) is 16.3. The second kappa shape index (κ2) is 9.37. The molecule has 2 aliphatic heterocycles. The standard InChI is InChI=1S/C22H25ClN2O4/c23-18-4-6-19(7-5-18)27-13-1-2-22(26)25-11-9-24(10-12-25)15-17-3-8-20-21(14-17)29-16-28-20/h3-8,14H,1-2,9-13,15-16H2. The highest BCUT2D eigenvalue weighted by atomic mass is 35.5. The second-order valence-electron chi connectivity index (χ2n) is 7.25. The first-order chi connectivity index (χ1) is 14.2. The van der Waals surface area contributed by atoms with Gasteiger partial charge in [-0.25, -0.2) is 0 Å². The first-order valence-corrected chi connectivity index (χ1v) is 10.3. The Kier molecular flexibility index (Phi) is 6.42. The highest BCUT2D eigenvalue weighted by Gasteiger charge is 2.21. The van der Waals surface area contributed by atoms with Crippen LogP contribution in [0.4, 0.5) is 0 Å². The van der Waals surface area contributed by atoms with Crippen LogP contribution in [-0.2, 0) is 11.3 Å². The van der Waals surface area contributed by atoms with Crippen LogP contribution < -0.4 is 14.2 Å². The Balaban J connectivity index is 1.15. The number of carbonyl (C=O) groups is 1. The third-order valence-electron chi connectivity index (χ3n) is 5.19. The van der Waals surface area contributed by atoms with Crippen LogP contribution in [0.25, 0.3) is 0 Å². The number of nitrogens with zero attached hydrogens (tertiary/aromatic N) is 2. The lowest BCUT2D eigenvalue weighted by Crippen LogP contribution is -2.48. The van der Waals surface area contributed by atoms with Crippen molar-refractivity contribution in [3.05, 3.63) is 53.1 Å². The van der Waals surface area contributed by atoms with Gasteiger partial charge < -0.3 is 19.1 Å².